The summed E-state index contributed by atoms with van der Waals surface area (Å²) in [4.78, 5) is 1.15. The van der Waals surface area contributed by atoms with Crippen molar-refractivity contribution >= 4 is 38.6 Å². The molecule has 20 heavy (non-hydrogen) atoms. The predicted octanol–water partition coefficient (Wildman–Crippen LogP) is 3.08. The lowest BCUT2D eigenvalue weighted by molar-refractivity contribution is 0.581. The molecule has 0 amide bonds. The SMILES string of the molecule is Cc1cc(Cl)c(N)cc1S(=O)(=O)NCc1sccc1C. The number of aryl methyl sites for hydroxylation is 2. The minimum absolute atomic E-state index is 0.161. The molecule has 0 fully saturated rings. The highest BCUT2D eigenvalue weighted by Gasteiger charge is 2.18. The first-order chi connectivity index (χ1) is 9.31. The monoisotopic (exact) mass is 330 g/mol. The van der Waals surface area contributed by atoms with Crippen molar-refractivity contribution in [1.82, 2.24) is 4.72 Å². The van der Waals surface area contributed by atoms with E-state index in [4.69, 9.17) is 17.3 Å². The Bertz CT molecular complexity index is 739. The maximum atomic E-state index is 12.3. The van der Waals surface area contributed by atoms with Crippen LogP contribution >= 0.6 is 22.9 Å². The number of nitrogens with one attached hydrogen (secondary N) is 1. The molecule has 7 heteroatoms. The van der Waals surface area contributed by atoms with Crippen LogP contribution in [0, 0.1) is 13.8 Å². The Hall–Kier alpha value is -1.08. The van der Waals surface area contributed by atoms with Crippen molar-refractivity contribution < 1.29 is 8.42 Å². The fourth-order valence-electron chi connectivity index (χ4n) is 1.78. The van der Waals surface area contributed by atoms with Gasteiger partial charge in [-0.15, -0.1) is 11.3 Å². The number of sulfonamides is 1. The number of hydrogen-bond donors (Lipinski definition) is 2. The van der Waals surface area contributed by atoms with E-state index in [-0.39, 0.29) is 17.1 Å². The zero-order chi connectivity index (χ0) is 14.9. The van der Waals surface area contributed by atoms with Gasteiger partial charge >= 0.3 is 0 Å². The van der Waals surface area contributed by atoms with Crippen molar-refractivity contribution in [3.05, 3.63) is 44.6 Å². The standard InChI is InChI=1S/C13H15ClN2O2S2/c1-8-3-4-19-12(8)7-16-20(17,18)13-6-11(15)10(14)5-9(13)2/h3-6,16H,7,15H2,1-2H3. The summed E-state index contributed by atoms with van der Waals surface area (Å²) in [6.45, 7) is 3.91. The van der Waals surface area contributed by atoms with E-state index in [1.54, 1.807) is 13.0 Å². The van der Waals surface area contributed by atoms with E-state index in [0.717, 1.165) is 10.4 Å². The van der Waals surface area contributed by atoms with E-state index in [0.29, 0.717) is 10.6 Å². The van der Waals surface area contributed by atoms with Crippen LogP contribution in [0.1, 0.15) is 16.0 Å². The second kappa shape index (κ2) is 5.73. The highest BCUT2D eigenvalue weighted by molar-refractivity contribution is 7.89. The Kier molecular flexibility index (Phi) is 4.39. The van der Waals surface area contributed by atoms with Gasteiger partial charge < -0.3 is 5.73 Å². The number of anilines is 1. The van der Waals surface area contributed by atoms with E-state index in [1.807, 2.05) is 18.4 Å². The maximum absolute atomic E-state index is 12.3. The minimum Gasteiger partial charge on any atom is -0.397 e. The third-order valence-electron chi connectivity index (χ3n) is 2.97. The third-order valence-corrected chi connectivity index (χ3v) is 5.87. The lowest BCUT2D eigenvalue weighted by atomic mass is 10.2. The van der Waals surface area contributed by atoms with Gasteiger partial charge in [-0.05, 0) is 48.6 Å². The van der Waals surface area contributed by atoms with E-state index in [2.05, 4.69) is 4.72 Å². The van der Waals surface area contributed by atoms with E-state index >= 15 is 0 Å². The normalized spacial score (nSPS) is 11.8. The average Bonchev–Trinajstić information content (AvgIpc) is 2.77. The van der Waals surface area contributed by atoms with Crippen LogP contribution in [0.2, 0.25) is 5.02 Å². The van der Waals surface area contributed by atoms with Crippen molar-refractivity contribution in [3.8, 4) is 0 Å². The van der Waals surface area contributed by atoms with Crippen LogP contribution in [0.5, 0.6) is 0 Å². The molecule has 0 saturated heterocycles. The first-order valence-corrected chi connectivity index (χ1v) is 8.63. The summed E-state index contributed by atoms with van der Waals surface area (Å²) in [6, 6.07) is 4.91. The molecule has 2 rings (SSSR count). The van der Waals surface area contributed by atoms with Crippen molar-refractivity contribution in [2.75, 3.05) is 5.73 Å². The highest BCUT2D eigenvalue weighted by Crippen LogP contribution is 2.26. The molecule has 0 atom stereocenters. The molecule has 108 valence electrons. The van der Waals surface area contributed by atoms with Crippen LogP contribution in [-0.2, 0) is 16.6 Å². The van der Waals surface area contributed by atoms with Crippen molar-refractivity contribution in [1.29, 1.82) is 0 Å². The highest BCUT2D eigenvalue weighted by atomic mass is 35.5. The number of thiophene rings is 1. The van der Waals surface area contributed by atoms with Gasteiger partial charge in [-0.1, -0.05) is 11.6 Å². The van der Waals surface area contributed by atoms with Crippen LogP contribution in [0.15, 0.2) is 28.5 Å². The van der Waals surface area contributed by atoms with Gasteiger partial charge in [0, 0.05) is 11.4 Å². The van der Waals surface area contributed by atoms with E-state index < -0.39 is 10.0 Å². The predicted molar refractivity (Wildman–Crippen MR) is 83.7 cm³/mol. The first kappa shape index (κ1) is 15.3. The molecule has 3 N–H and O–H groups in total. The molecular formula is C13H15ClN2O2S2. The van der Waals surface area contributed by atoms with Gasteiger partial charge in [-0.2, -0.15) is 0 Å². The van der Waals surface area contributed by atoms with Gasteiger partial charge in [-0.3, -0.25) is 0 Å². The van der Waals surface area contributed by atoms with Gasteiger partial charge in [0.2, 0.25) is 10.0 Å². The Labute approximate surface area is 127 Å². The van der Waals surface area contributed by atoms with Crippen molar-refractivity contribution in [3.63, 3.8) is 0 Å². The molecular weight excluding hydrogens is 316 g/mol. The lowest BCUT2D eigenvalue weighted by Gasteiger charge is -2.11. The van der Waals surface area contributed by atoms with Gasteiger partial charge in [-0.25, -0.2) is 13.1 Å². The summed E-state index contributed by atoms with van der Waals surface area (Å²) in [5, 5.41) is 2.29. The molecule has 0 unspecified atom stereocenters. The maximum Gasteiger partial charge on any atom is 0.241 e. The van der Waals surface area contributed by atoms with Crippen molar-refractivity contribution in [2.24, 2.45) is 0 Å². The fraction of sp³-hybridized carbons (Fsp3) is 0.231. The summed E-state index contributed by atoms with van der Waals surface area (Å²) >= 11 is 7.40. The molecule has 2 aromatic rings. The molecule has 0 bridgehead atoms. The molecule has 0 spiro atoms. The van der Waals surface area contributed by atoms with Crippen molar-refractivity contribution in [2.45, 2.75) is 25.3 Å². The quantitative estimate of drug-likeness (QED) is 0.846. The smallest absolute Gasteiger partial charge is 0.241 e. The molecule has 1 aromatic carbocycles. The number of hydrogen-bond acceptors (Lipinski definition) is 4. The zero-order valence-corrected chi connectivity index (χ0v) is 13.5. The average molecular weight is 331 g/mol. The molecule has 0 aliphatic heterocycles. The Morgan fingerprint density at radius 3 is 2.60 bits per heavy atom. The molecule has 0 aliphatic rings. The van der Waals surface area contributed by atoms with E-state index in [1.165, 1.54) is 17.4 Å². The van der Waals surface area contributed by atoms with Gasteiger partial charge in [0.05, 0.1) is 15.6 Å². The van der Waals surface area contributed by atoms with E-state index in [9.17, 15) is 8.42 Å². The van der Waals surface area contributed by atoms with Gasteiger partial charge in [0.1, 0.15) is 0 Å². The van der Waals surface area contributed by atoms with Gasteiger partial charge in [0.25, 0.3) is 0 Å². The number of nitrogens with two attached hydrogens (primary N) is 1. The number of rotatable bonds is 4. The summed E-state index contributed by atoms with van der Waals surface area (Å²) < 4.78 is 27.2. The summed E-state index contributed by atoms with van der Waals surface area (Å²) in [5.41, 5.74) is 7.58. The first-order valence-electron chi connectivity index (χ1n) is 5.89. The number of benzene rings is 1. The molecule has 0 aliphatic carbocycles. The Morgan fingerprint density at radius 2 is 2.00 bits per heavy atom. The molecule has 0 saturated carbocycles. The lowest BCUT2D eigenvalue weighted by Crippen LogP contribution is -2.24. The number of halogens is 1. The summed E-state index contributed by atoms with van der Waals surface area (Å²) in [6.07, 6.45) is 0. The Morgan fingerprint density at radius 1 is 1.30 bits per heavy atom. The molecule has 0 radical (unpaired) electrons. The molecule has 1 aromatic heterocycles. The van der Waals surface area contributed by atoms with Gasteiger partial charge in [0.15, 0.2) is 0 Å². The van der Waals surface area contributed by atoms with Crippen LogP contribution < -0.4 is 10.5 Å². The minimum atomic E-state index is -3.61. The topological polar surface area (TPSA) is 72.2 Å². The summed E-state index contributed by atoms with van der Waals surface area (Å²) in [5.74, 6) is 0. The van der Waals surface area contributed by atoms with Crippen LogP contribution in [0.4, 0.5) is 5.69 Å². The third kappa shape index (κ3) is 3.15. The largest absolute Gasteiger partial charge is 0.397 e. The Balaban J connectivity index is 2.27. The fourth-order valence-corrected chi connectivity index (χ4v) is 4.19. The number of nitrogen functional groups attached to an aromatic ring is 1. The molecule has 1 heterocycles. The molecule has 4 nitrogen and oxygen atoms in total. The second-order valence-electron chi connectivity index (χ2n) is 4.49. The van der Waals surface area contributed by atoms with Crippen LogP contribution in [-0.4, -0.2) is 8.42 Å². The second-order valence-corrected chi connectivity index (χ2v) is 7.63. The van der Waals surface area contributed by atoms with Crippen LogP contribution in [0.25, 0.3) is 0 Å². The summed E-state index contributed by atoms with van der Waals surface area (Å²) in [7, 11) is -3.61. The zero-order valence-electron chi connectivity index (χ0n) is 11.1. The van der Waals surface area contributed by atoms with Crippen LogP contribution in [0.3, 0.4) is 0 Å².